The number of anilines is 2. The zero-order valence-corrected chi connectivity index (χ0v) is 21.0. The molecule has 2 aliphatic rings. The quantitative estimate of drug-likeness (QED) is 0.527. The number of carbonyl (C=O) groups is 3. The maximum Gasteiger partial charge on any atom is 0.261 e. The third kappa shape index (κ3) is 6.38. The Morgan fingerprint density at radius 1 is 1.31 bits per heavy atom. The van der Waals surface area contributed by atoms with E-state index in [1.807, 2.05) is 11.9 Å². The molecule has 11 heteroatoms. The van der Waals surface area contributed by atoms with Crippen LogP contribution in [0.3, 0.4) is 0 Å². The molecule has 8 nitrogen and oxygen atoms in total. The second kappa shape index (κ2) is 11.5. The van der Waals surface area contributed by atoms with Crippen molar-refractivity contribution in [3.8, 4) is 0 Å². The second-order valence-electron chi connectivity index (χ2n) is 8.82. The first-order chi connectivity index (χ1) is 16.8. The molecule has 0 bridgehead atoms. The molecule has 3 amide bonds. The predicted molar refractivity (Wildman–Crippen MR) is 134 cm³/mol. The standard InChI is InChI=1S/C24H28ClFN4O4S/c1-29(13-15-3-2-4-15)19(12-27-24(33)20-7-8-21(25)35-20)23(32)28-18-6-5-16(11-17(18)26)30-9-10-34-14-22(30)31/h5-8,11,15,19H,2-4,9-10,12-14H2,1H3,(H,27,33)(H,28,32)/t19-/m1/s1. The Kier molecular flexibility index (Phi) is 8.38. The molecule has 1 aromatic carbocycles. The minimum Gasteiger partial charge on any atom is -0.370 e. The Labute approximate surface area is 212 Å². The molecule has 2 aromatic rings. The Morgan fingerprint density at radius 2 is 2.11 bits per heavy atom. The normalized spacial score (nSPS) is 17.3. The highest BCUT2D eigenvalue weighted by Gasteiger charge is 2.29. The van der Waals surface area contributed by atoms with Crippen molar-refractivity contribution in [3.63, 3.8) is 0 Å². The molecule has 35 heavy (non-hydrogen) atoms. The van der Waals surface area contributed by atoms with Crippen molar-refractivity contribution in [1.29, 1.82) is 0 Å². The predicted octanol–water partition coefficient (Wildman–Crippen LogP) is 3.37. The number of benzene rings is 1. The summed E-state index contributed by atoms with van der Waals surface area (Å²) >= 11 is 7.08. The number of ether oxygens (including phenoxy) is 1. The van der Waals surface area contributed by atoms with Crippen LogP contribution in [0.15, 0.2) is 30.3 Å². The van der Waals surface area contributed by atoms with Gasteiger partial charge < -0.3 is 20.3 Å². The summed E-state index contributed by atoms with van der Waals surface area (Å²) in [6, 6.07) is 6.85. The first kappa shape index (κ1) is 25.6. The van der Waals surface area contributed by atoms with Gasteiger partial charge in [-0.25, -0.2) is 4.39 Å². The highest BCUT2D eigenvalue weighted by Crippen LogP contribution is 2.28. The van der Waals surface area contributed by atoms with E-state index in [1.54, 1.807) is 18.2 Å². The molecule has 1 aliphatic carbocycles. The fraction of sp³-hybridized carbons (Fsp3) is 0.458. The van der Waals surface area contributed by atoms with Crippen LogP contribution in [0.25, 0.3) is 0 Å². The van der Waals surface area contributed by atoms with Gasteiger partial charge in [0.2, 0.25) is 5.91 Å². The number of carbonyl (C=O) groups excluding carboxylic acids is 3. The summed E-state index contributed by atoms with van der Waals surface area (Å²) < 4.78 is 20.5. The van der Waals surface area contributed by atoms with Crippen LogP contribution >= 0.6 is 22.9 Å². The van der Waals surface area contributed by atoms with Gasteiger partial charge in [-0.1, -0.05) is 18.0 Å². The monoisotopic (exact) mass is 522 g/mol. The van der Waals surface area contributed by atoms with E-state index in [2.05, 4.69) is 10.6 Å². The second-order valence-corrected chi connectivity index (χ2v) is 10.5. The van der Waals surface area contributed by atoms with Gasteiger partial charge in [-0.15, -0.1) is 11.3 Å². The number of hydrogen-bond donors (Lipinski definition) is 2. The number of amides is 3. The number of hydrogen-bond acceptors (Lipinski definition) is 6. The van der Waals surface area contributed by atoms with Crippen molar-refractivity contribution in [1.82, 2.24) is 10.2 Å². The number of nitrogens with one attached hydrogen (secondary N) is 2. The first-order valence-electron chi connectivity index (χ1n) is 11.5. The van der Waals surface area contributed by atoms with E-state index in [0.29, 0.717) is 40.5 Å². The Balaban J connectivity index is 1.44. The molecule has 188 valence electrons. The van der Waals surface area contributed by atoms with Crippen molar-refractivity contribution in [2.45, 2.75) is 25.3 Å². The summed E-state index contributed by atoms with van der Waals surface area (Å²) in [5.41, 5.74) is 0.423. The largest absolute Gasteiger partial charge is 0.370 e. The van der Waals surface area contributed by atoms with Crippen LogP contribution in [0.1, 0.15) is 28.9 Å². The molecule has 2 heterocycles. The summed E-state index contributed by atoms with van der Waals surface area (Å²) in [6.07, 6.45) is 3.39. The summed E-state index contributed by atoms with van der Waals surface area (Å²) in [5.74, 6) is -1.13. The highest BCUT2D eigenvalue weighted by molar-refractivity contribution is 7.18. The molecular weight excluding hydrogens is 495 g/mol. The maximum absolute atomic E-state index is 14.9. The van der Waals surface area contributed by atoms with Gasteiger partial charge >= 0.3 is 0 Å². The lowest BCUT2D eigenvalue weighted by molar-refractivity contribution is -0.125. The molecule has 2 N–H and O–H groups in total. The summed E-state index contributed by atoms with van der Waals surface area (Å²) in [4.78, 5) is 41.6. The molecule has 1 atom stereocenters. The highest BCUT2D eigenvalue weighted by atomic mass is 35.5. The number of nitrogens with zero attached hydrogens (tertiary/aromatic N) is 2. The molecule has 1 saturated heterocycles. The summed E-state index contributed by atoms with van der Waals surface area (Å²) in [6.45, 7) is 1.45. The molecule has 0 radical (unpaired) electrons. The number of likely N-dealkylation sites (N-methyl/N-ethyl adjacent to an activating group) is 1. The van der Waals surface area contributed by atoms with Crippen molar-refractivity contribution in [3.05, 3.63) is 45.4 Å². The van der Waals surface area contributed by atoms with E-state index in [4.69, 9.17) is 16.3 Å². The lowest BCUT2D eigenvalue weighted by Gasteiger charge is -2.34. The fourth-order valence-electron chi connectivity index (χ4n) is 4.15. The average molecular weight is 523 g/mol. The zero-order valence-electron chi connectivity index (χ0n) is 19.4. The van der Waals surface area contributed by atoms with Crippen molar-refractivity contribution >= 4 is 52.0 Å². The molecule has 2 fully saturated rings. The Morgan fingerprint density at radius 3 is 2.74 bits per heavy atom. The van der Waals surface area contributed by atoms with Crippen LogP contribution in [0.5, 0.6) is 0 Å². The maximum atomic E-state index is 14.9. The lowest BCUT2D eigenvalue weighted by Crippen LogP contribution is -2.51. The van der Waals surface area contributed by atoms with E-state index >= 15 is 0 Å². The van der Waals surface area contributed by atoms with Crippen LogP contribution < -0.4 is 15.5 Å². The Bertz CT molecular complexity index is 1090. The van der Waals surface area contributed by atoms with E-state index in [9.17, 15) is 18.8 Å². The van der Waals surface area contributed by atoms with Gasteiger partial charge in [0.1, 0.15) is 18.5 Å². The zero-order chi connectivity index (χ0) is 24.9. The molecule has 0 spiro atoms. The van der Waals surface area contributed by atoms with Gasteiger partial charge in [0.05, 0.1) is 21.5 Å². The molecular formula is C24H28ClFN4O4S. The number of rotatable bonds is 9. The van der Waals surface area contributed by atoms with Crippen LogP contribution in [0.2, 0.25) is 4.34 Å². The first-order valence-corrected chi connectivity index (χ1v) is 12.7. The minimum absolute atomic E-state index is 0.0119. The van der Waals surface area contributed by atoms with Crippen LogP contribution in [0, 0.1) is 11.7 Å². The smallest absolute Gasteiger partial charge is 0.261 e. The molecule has 0 unspecified atom stereocenters. The van der Waals surface area contributed by atoms with Crippen LogP contribution in [-0.4, -0.2) is 68.6 Å². The average Bonchev–Trinajstić information content (AvgIpc) is 3.24. The Hall–Kier alpha value is -2.53. The third-order valence-corrected chi connectivity index (χ3v) is 7.60. The van der Waals surface area contributed by atoms with E-state index < -0.39 is 17.8 Å². The number of thiophene rings is 1. The minimum atomic E-state index is -0.699. The van der Waals surface area contributed by atoms with Gasteiger partial charge in [0, 0.05) is 25.3 Å². The van der Waals surface area contributed by atoms with Crippen molar-refractivity contribution in [2.75, 3.05) is 50.1 Å². The van der Waals surface area contributed by atoms with Gasteiger partial charge in [-0.05, 0) is 56.1 Å². The van der Waals surface area contributed by atoms with E-state index in [0.717, 1.165) is 24.2 Å². The van der Waals surface area contributed by atoms with Gasteiger partial charge in [-0.2, -0.15) is 0 Å². The van der Waals surface area contributed by atoms with Crippen molar-refractivity contribution in [2.24, 2.45) is 5.92 Å². The third-order valence-electron chi connectivity index (χ3n) is 6.37. The molecule has 1 aromatic heterocycles. The van der Waals surface area contributed by atoms with Gasteiger partial charge in [0.15, 0.2) is 0 Å². The molecule has 1 saturated carbocycles. The number of morpholine rings is 1. The van der Waals surface area contributed by atoms with Crippen LogP contribution in [0.4, 0.5) is 15.8 Å². The van der Waals surface area contributed by atoms with E-state index in [-0.39, 0.29) is 30.7 Å². The SMILES string of the molecule is CN(CC1CCC1)[C@H](CNC(=O)c1ccc(Cl)s1)C(=O)Nc1ccc(N2CCOCC2=O)cc1F. The summed E-state index contributed by atoms with van der Waals surface area (Å²) in [5, 5.41) is 5.46. The fourth-order valence-corrected chi connectivity index (χ4v) is 5.11. The van der Waals surface area contributed by atoms with Crippen molar-refractivity contribution < 1.29 is 23.5 Å². The molecule has 1 aliphatic heterocycles. The van der Waals surface area contributed by atoms with Gasteiger partial charge in [0.25, 0.3) is 11.8 Å². The summed E-state index contributed by atoms with van der Waals surface area (Å²) in [7, 11) is 1.83. The molecule has 4 rings (SSSR count). The van der Waals surface area contributed by atoms with E-state index in [1.165, 1.54) is 23.5 Å². The lowest BCUT2D eigenvalue weighted by atomic mass is 9.85. The topological polar surface area (TPSA) is 91.0 Å². The van der Waals surface area contributed by atoms with Gasteiger partial charge in [-0.3, -0.25) is 19.3 Å². The number of halogens is 2. The van der Waals surface area contributed by atoms with Crippen LogP contribution in [-0.2, 0) is 14.3 Å².